The number of hydrazone groups is 1. The van der Waals surface area contributed by atoms with Crippen molar-refractivity contribution in [1.82, 2.24) is 19.1 Å². The van der Waals surface area contributed by atoms with Gasteiger partial charge in [-0.1, -0.05) is 18.2 Å². The number of phenols is 1. The van der Waals surface area contributed by atoms with Crippen LogP contribution in [0, 0.1) is 0 Å². The second kappa shape index (κ2) is 10.8. The highest BCUT2D eigenvalue weighted by Gasteiger charge is 2.20. The van der Waals surface area contributed by atoms with E-state index in [9.17, 15) is 19.8 Å². The fourth-order valence-corrected chi connectivity index (χ4v) is 3.52. The topological polar surface area (TPSA) is 156 Å². The van der Waals surface area contributed by atoms with Crippen LogP contribution in [0.1, 0.15) is 12.5 Å². The van der Waals surface area contributed by atoms with E-state index in [4.69, 9.17) is 9.47 Å². The number of aliphatic hydroxyl groups is 1. The highest BCUT2D eigenvalue weighted by molar-refractivity contribution is 5.81. The van der Waals surface area contributed by atoms with Crippen LogP contribution in [0.3, 0.4) is 0 Å². The van der Waals surface area contributed by atoms with Gasteiger partial charge in [0, 0.05) is 7.05 Å². The van der Waals surface area contributed by atoms with E-state index >= 15 is 0 Å². The molecule has 0 saturated carbocycles. The van der Waals surface area contributed by atoms with Crippen molar-refractivity contribution >= 4 is 23.3 Å². The van der Waals surface area contributed by atoms with E-state index in [1.807, 2.05) is 18.2 Å². The number of fused-ring (bicyclic) bond motifs is 1. The summed E-state index contributed by atoms with van der Waals surface area (Å²) in [4.78, 5) is 31.3. The number of H-pyrrole nitrogens is 1. The zero-order valence-electron chi connectivity index (χ0n) is 19.7. The minimum Gasteiger partial charge on any atom is -0.504 e. The van der Waals surface area contributed by atoms with E-state index in [0.717, 1.165) is 0 Å². The number of para-hydroxylation sites is 1. The van der Waals surface area contributed by atoms with Crippen LogP contribution < -0.4 is 26.1 Å². The number of hydrogen-bond donors (Lipinski definition) is 4. The fraction of sp³-hybridized carbons (Fsp3) is 0.250. The van der Waals surface area contributed by atoms with Crippen molar-refractivity contribution < 1.29 is 19.7 Å². The molecule has 2 aromatic carbocycles. The van der Waals surface area contributed by atoms with Crippen molar-refractivity contribution in [2.24, 2.45) is 12.1 Å². The lowest BCUT2D eigenvalue weighted by Crippen LogP contribution is -2.30. The first-order chi connectivity index (χ1) is 17.4. The average molecular weight is 495 g/mol. The molecule has 2 heterocycles. The lowest BCUT2D eigenvalue weighted by Gasteiger charge is -2.15. The zero-order chi connectivity index (χ0) is 25.7. The second-order valence-electron chi connectivity index (χ2n) is 7.84. The van der Waals surface area contributed by atoms with Gasteiger partial charge in [-0.15, -0.1) is 0 Å². The third kappa shape index (κ3) is 5.39. The first-order valence-corrected chi connectivity index (χ1v) is 11.2. The molecule has 4 rings (SSSR count). The number of imidazole rings is 1. The van der Waals surface area contributed by atoms with Crippen LogP contribution in [0.25, 0.3) is 11.2 Å². The molecule has 0 spiro atoms. The smallest absolute Gasteiger partial charge is 0.329 e. The van der Waals surface area contributed by atoms with Gasteiger partial charge in [-0.3, -0.25) is 14.3 Å². The van der Waals surface area contributed by atoms with E-state index < -0.39 is 17.4 Å². The van der Waals surface area contributed by atoms with Gasteiger partial charge in [0.05, 0.1) is 19.4 Å². The number of aryl methyl sites for hydroxylation is 1. The molecule has 2 aromatic heterocycles. The maximum absolute atomic E-state index is 12.6. The molecule has 4 aromatic rings. The molecule has 0 radical (unpaired) electrons. The maximum atomic E-state index is 12.6. The molecule has 0 saturated heterocycles. The minimum atomic E-state index is -1.00. The van der Waals surface area contributed by atoms with Crippen LogP contribution in [0.4, 0.5) is 5.95 Å². The summed E-state index contributed by atoms with van der Waals surface area (Å²) < 4.78 is 13.6. The molecule has 1 atom stereocenters. The van der Waals surface area contributed by atoms with Gasteiger partial charge in [-0.2, -0.15) is 10.1 Å². The van der Waals surface area contributed by atoms with E-state index in [0.29, 0.717) is 23.7 Å². The molecule has 0 amide bonds. The average Bonchev–Trinajstić information content (AvgIpc) is 3.22. The lowest BCUT2D eigenvalue weighted by molar-refractivity contribution is 0.0938. The summed E-state index contributed by atoms with van der Waals surface area (Å²) in [5.74, 6) is 1.05. The summed E-state index contributed by atoms with van der Waals surface area (Å²) in [6.45, 7) is 2.10. The molecular weight excluding hydrogens is 468 g/mol. The molecule has 188 valence electrons. The molecular formula is C24H26N6O6. The number of aromatic amines is 1. The number of ether oxygens (including phenoxy) is 2. The van der Waals surface area contributed by atoms with Crippen molar-refractivity contribution in [3.63, 3.8) is 0 Å². The predicted molar refractivity (Wildman–Crippen MR) is 134 cm³/mol. The van der Waals surface area contributed by atoms with Gasteiger partial charge >= 0.3 is 5.69 Å². The summed E-state index contributed by atoms with van der Waals surface area (Å²) in [5.41, 5.74) is 2.36. The monoisotopic (exact) mass is 494 g/mol. The summed E-state index contributed by atoms with van der Waals surface area (Å²) in [7, 11) is 1.48. The van der Waals surface area contributed by atoms with Crippen molar-refractivity contribution in [2.75, 3.05) is 18.6 Å². The van der Waals surface area contributed by atoms with Crippen LogP contribution in [-0.2, 0) is 13.6 Å². The first kappa shape index (κ1) is 24.5. The Morgan fingerprint density at radius 3 is 2.72 bits per heavy atom. The predicted octanol–water partition coefficient (Wildman–Crippen LogP) is 1.41. The number of hydrogen-bond acceptors (Lipinski definition) is 9. The van der Waals surface area contributed by atoms with Crippen LogP contribution in [0.15, 0.2) is 63.2 Å². The number of aromatic hydroxyl groups is 1. The van der Waals surface area contributed by atoms with Crippen molar-refractivity contribution in [3.05, 3.63) is 74.9 Å². The molecule has 0 aliphatic carbocycles. The van der Waals surface area contributed by atoms with E-state index in [-0.39, 0.29) is 36.0 Å². The molecule has 12 heteroatoms. The zero-order valence-corrected chi connectivity index (χ0v) is 19.7. The maximum Gasteiger partial charge on any atom is 0.329 e. The van der Waals surface area contributed by atoms with Gasteiger partial charge in [0.15, 0.2) is 22.7 Å². The molecule has 4 N–H and O–H groups in total. The van der Waals surface area contributed by atoms with Crippen LogP contribution in [0.5, 0.6) is 17.2 Å². The molecule has 12 nitrogen and oxygen atoms in total. The Balaban J connectivity index is 1.61. The normalized spacial score (nSPS) is 12.2. The Morgan fingerprint density at radius 1 is 1.19 bits per heavy atom. The number of rotatable bonds is 10. The van der Waals surface area contributed by atoms with Crippen molar-refractivity contribution in [3.8, 4) is 17.2 Å². The number of anilines is 1. The Kier molecular flexibility index (Phi) is 7.35. The second-order valence-corrected chi connectivity index (χ2v) is 7.84. The Morgan fingerprint density at radius 2 is 1.97 bits per heavy atom. The van der Waals surface area contributed by atoms with Crippen molar-refractivity contribution in [2.45, 2.75) is 19.6 Å². The van der Waals surface area contributed by atoms with Crippen LogP contribution in [0.2, 0.25) is 0 Å². The number of benzene rings is 2. The highest BCUT2D eigenvalue weighted by atomic mass is 16.5. The van der Waals surface area contributed by atoms with Gasteiger partial charge in [-0.05, 0) is 42.8 Å². The third-order valence-electron chi connectivity index (χ3n) is 5.25. The number of aliphatic hydroxyl groups excluding tert-OH is 1. The quantitative estimate of drug-likeness (QED) is 0.190. The van der Waals surface area contributed by atoms with E-state index in [2.05, 4.69) is 20.5 Å². The Bertz CT molecular complexity index is 1490. The van der Waals surface area contributed by atoms with Gasteiger partial charge < -0.3 is 24.3 Å². The molecule has 36 heavy (non-hydrogen) atoms. The number of nitrogens with zero attached hydrogens (tertiary/aromatic N) is 4. The molecule has 0 bridgehead atoms. The summed E-state index contributed by atoms with van der Waals surface area (Å²) in [5, 5.41) is 24.7. The molecule has 0 aliphatic rings. The summed E-state index contributed by atoms with van der Waals surface area (Å²) >= 11 is 0. The SMILES string of the molecule is CCOc1cc(/C=N/Nc2nc3c(c(=O)[nH]c(=O)n3C)n2CC(O)COc2ccccc2)ccc1O. The van der Waals surface area contributed by atoms with E-state index in [1.54, 1.807) is 31.2 Å². The molecule has 0 aliphatic heterocycles. The van der Waals surface area contributed by atoms with Gasteiger partial charge in [0.1, 0.15) is 18.5 Å². The third-order valence-corrected chi connectivity index (χ3v) is 5.25. The Labute approximate surface area is 205 Å². The van der Waals surface area contributed by atoms with Crippen molar-refractivity contribution in [1.29, 1.82) is 0 Å². The Hall–Kier alpha value is -4.58. The molecule has 0 fully saturated rings. The number of phenolic OH excluding ortho intramolecular Hbond substituents is 1. The van der Waals surface area contributed by atoms with Gasteiger partial charge in [-0.25, -0.2) is 10.2 Å². The van der Waals surface area contributed by atoms with Gasteiger partial charge in [0.25, 0.3) is 5.56 Å². The van der Waals surface area contributed by atoms with Gasteiger partial charge in [0.2, 0.25) is 5.95 Å². The number of aromatic nitrogens is 4. The highest BCUT2D eigenvalue weighted by Crippen LogP contribution is 2.26. The van der Waals surface area contributed by atoms with E-state index in [1.165, 1.54) is 28.5 Å². The molecule has 1 unspecified atom stereocenters. The van der Waals surface area contributed by atoms with Crippen LogP contribution >= 0.6 is 0 Å². The number of nitrogens with one attached hydrogen (secondary N) is 2. The lowest BCUT2D eigenvalue weighted by atomic mass is 10.2. The first-order valence-electron chi connectivity index (χ1n) is 11.2. The summed E-state index contributed by atoms with van der Waals surface area (Å²) in [6, 6.07) is 13.8. The summed E-state index contributed by atoms with van der Waals surface area (Å²) in [6.07, 6.45) is 0.471. The van der Waals surface area contributed by atoms with Crippen LogP contribution in [-0.4, -0.2) is 54.8 Å². The largest absolute Gasteiger partial charge is 0.504 e. The minimum absolute atomic E-state index is 0.00982. The standard InChI is InChI=1S/C24H26N6O6/c1-3-35-19-11-15(9-10-18(19)32)12-25-28-23-26-21-20(22(33)27-24(34)29(21)2)30(23)13-16(31)14-36-17-7-5-4-6-8-17/h4-12,16,31-32H,3,13-14H2,1-2H3,(H,26,28)(H,27,33,34)/b25-12+. The fourth-order valence-electron chi connectivity index (χ4n) is 3.52.